The van der Waals surface area contributed by atoms with Crippen LogP contribution in [0.5, 0.6) is 0 Å². The monoisotopic (exact) mass is 291 g/mol. The summed E-state index contributed by atoms with van der Waals surface area (Å²) in [7, 11) is 0. The third kappa shape index (κ3) is 5.14. The lowest BCUT2D eigenvalue weighted by Crippen LogP contribution is -2.33. The van der Waals surface area contributed by atoms with Crippen molar-refractivity contribution < 1.29 is 14.6 Å². The molecule has 0 saturated heterocycles. The lowest BCUT2D eigenvalue weighted by Gasteiger charge is -2.34. The van der Waals surface area contributed by atoms with Gasteiger partial charge in [-0.2, -0.15) is 0 Å². The number of amides is 1. The summed E-state index contributed by atoms with van der Waals surface area (Å²) in [6, 6.07) is 7.85. The fourth-order valence-corrected chi connectivity index (χ4v) is 2.77. The minimum absolute atomic E-state index is 0.0780. The molecule has 2 rings (SSSR count). The maximum atomic E-state index is 12.0. The average Bonchev–Trinajstić information content (AvgIpc) is 2.43. The zero-order chi connectivity index (χ0) is 15.1. The first-order valence-corrected chi connectivity index (χ1v) is 7.82. The molecule has 0 aromatic heterocycles. The number of aliphatic hydroxyl groups is 1. The highest BCUT2D eigenvalue weighted by molar-refractivity contribution is 5.91. The second kappa shape index (κ2) is 8.15. The van der Waals surface area contributed by atoms with Gasteiger partial charge in [-0.1, -0.05) is 12.1 Å². The SMILES string of the molecule is CCOC1CC(CC(=O)Nc2cccc(CCCO)c2)C1. The molecule has 1 saturated carbocycles. The normalized spacial score (nSPS) is 20.9. The van der Waals surface area contributed by atoms with Gasteiger partial charge in [-0.25, -0.2) is 0 Å². The van der Waals surface area contributed by atoms with Gasteiger partial charge >= 0.3 is 0 Å². The smallest absolute Gasteiger partial charge is 0.224 e. The molecule has 0 bridgehead atoms. The summed E-state index contributed by atoms with van der Waals surface area (Å²) in [5.74, 6) is 0.536. The molecule has 116 valence electrons. The number of anilines is 1. The molecule has 1 aliphatic carbocycles. The first-order chi connectivity index (χ1) is 10.2. The summed E-state index contributed by atoms with van der Waals surface area (Å²) in [5.41, 5.74) is 1.98. The van der Waals surface area contributed by atoms with Crippen LogP contribution in [-0.2, 0) is 16.0 Å². The van der Waals surface area contributed by atoms with Crippen LogP contribution in [0, 0.1) is 5.92 Å². The molecule has 4 heteroatoms. The molecule has 0 heterocycles. The van der Waals surface area contributed by atoms with Gasteiger partial charge in [-0.05, 0) is 56.2 Å². The third-order valence-electron chi connectivity index (χ3n) is 3.90. The number of nitrogens with one attached hydrogen (secondary N) is 1. The van der Waals surface area contributed by atoms with Gasteiger partial charge in [0.25, 0.3) is 0 Å². The Hall–Kier alpha value is -1.39. The molecule has 21 heavy (non-hydrogen) atoms. The summed E-state index contributed by atoms with van der Waals surface area (Å²) in [6.07, 6.45) is 4.51. The van der Waals surface area contributed by atoms with E-state index in [-0.39, 0.29) is 12.5 Å². The molecule has 0 unspecified atom stereocenters. The van der Waals surface area contributed by atoms with E-state index in [1.54, 1.807) is 0 Å². The minimum Gasteiger partial charge on any atom is -0.396 e. The molecule has 0 atom stereocenters. The van der Waals surface area contributed by atoms with E-state index in [2.05, 4.69) is 5.32 Å². The lowest BCUT2D eigenvalue weighted by molar-refractivity contribution is -0.119. The van der Waals surface area contributed by atoms with E-state index in [0.29, 0.717) is 18.4 Å². The van der Waals surface area contributed by atoms with E-state index >= 15 is 0 Å². The van der Waals surface area contributed by atoms with E-state index in [4.69, 9.17) is 9.84 Å². The molecular formula is C17H25NO3. The van der Waals surface area contributed by atoms with Crippen molar-refractivity contribution in [1.82, 2.24) is 0 Å². The topological polar surface area (TPSA) is 58.6 Å². The van der Waals surface area contributed by atoms with Crippen LogP contribution in [0.1, 0.15) is 38.2 Å². The van der Waals surface area contributed by atoms with Gasteiger partial charge < -0.3 is 15.2 Å². The van der Waals surface area contributed by atoms with Crippen LogP contribution in [0.25, 0.3) is 0 Å². The molecule has 1 aromatic rings. The van der Waals surface area contributed by atoms with E-state index in [0.717, 1.165) is 43.5 Å². The molecule has 0 radical (unpaired) electrons. The standard InChI is InChI=1S/C17H25NO3/c1-2-21-16-10-14(11-16)12-17(20)18-15-7-3-5-13(9-15)6-4-8-19/h3,5,7,9,14,16,19H,2,4,6,8,10-12H2,1H3,(H,18,20). The molecule has 2 N–H and O–H groups in total. The van der Waals surface area contributed by atoms with Gasteiger partial charge in [0.05, 0.1) is 6.10 Å². The Morgan fingerprint density at radius 3 is 2.95 bits per heavy atom. The van der Waals surface area contributed by atoms with Crippen molar-refractivity contribution in [2.75, 3.05) is 18.5 Å². The molecule has 1 fully saturated rings. The van der Waals surface area contributed by atoms with Gasteiger partial charge in [0.1, 0.15) is 0 Å². The molecule has 1 aliphatic rings. The first-order valence-electron chi connectivity index (χ1n) is 7.82. The molecule has 1 aromatic carbocycles. The van der Waals surface area contributed by atoms with Crippen LogP contribution < -0.4 is 5.32 Å². The van der Waals surface area contributed by atoms with Crippen molar-refractivity contribution in [3.05, 3.63) is 29.8 Å². The number of aliphatic hydroxyl groups excluding tert-OH is 1. The summed E-state index contributed by atoms with van der Waals surface area (Å²) in [5, 5.41) is 11.8. The lowest BCUT2D eigenvalue weighted by atomic mass is 9.80. The predicted molar refractivity (Wildman–Crippen MR) is 83.2 cm³/mol. The summed E-state index contributed by atoms with van der Waals surface area (Å²) >= 11 is 0. The van der Waals surface area contributed by atoms with Gasteiger partial charge in [0.2, 0.25) is 5.91 Å². The highest BCUT2D eigenvalue weighted by atomic mass is 16.5. The van der Waals surface area contributed by atoms with Crippen molar-refractivity contribution in [1.29, 1.82) is 0 Å². The zero-order valence-corrected chi connectivity index (χ0v) is 12.7. The second-order valence-electron chi connectivity index (χ2n) is 5.69. The Labute approximate surface area is 126 Å². The van der Waals surface area contributed by atoms with Crippen LogP contribution in [-0.4, -0.2) is 30.3 Å². The van der Waals surface area contributed by atoms with Crippen molar-refractivity contribution in [2.45, 2.75) is 45.1 Å². The minimum atomic E-state index is 0.0780. The predicted octanol–water partition coefficient (Wildman–Crippen LogP) is 2.76. The summed E-state index contributed by atoms with van der Waals surface area (Å²) in [4.78, 5) is 12.0. The highest BCUT2D eigenvalue weighted by Gasteiger charge is 2.30. The van der Waals surface area contributed by atoms with Gasteiger partial charge in [0, 0.05) is 25.3 Å². The van der Waals surface area contributed by atoms with E-state index in [1.165, 1.54) is 0 Å². The van der Waals surface area contributed by atoms with Crippen molar-refractivity contribution >= 4 is 11.6 Å². The van der Waals surface area contributed by atoms with Gasteiger partial charge in [-0.3, -0.25) is 4.79 Å². The number of rotatable bonds is 8. The molecule has 0 aliphatic heterocycles. The average molecular weight is 291 g/mol. The maximum absolute atomic E-state index is 12.0. The second-order valence-corrected chi connectivity index (χ2v) is 5.69. The Balaban J connectivity index is 1.75. The van der Waals surface area contributed by atoms with Gasteiger partial charge in [0.15, 0.2) is 0 Å². The van der Waals surface area contributed by atoms with Crippen molar-refractivity contribution in [2.24, 2.45) is 5.92 Å². The Bertz CT molecular complexity index is 455. The number of ether oxygens (including phenoxy) is 1. The fraction of sp³-hybridized carbons (Fsp3) is 0.588. The fourth-order valence-electron chi connectivity index (χ4n) is 2.77. The summed E-state index contributed by atoms with van der Waals surface area (Å²) in [6.45, 7) is 2.95. The van der Waals surface area contributed by atoms with Crippen LogP contribution in [0.15, 0.2) is 24.3 Å². The number of carbonyl (C=O) groups excluding carboxylic acids is 1. The van der Waals surface area contributed by atoms with E-state index in [1.807, 2.05) is 31.2 Å². The highest BCUT2D eigenvalue weighted by Crippen LogP contribution is 2.32. The quantitative estimate of drug-likeness (QED) is 0.774. The van der Waals surface area contributed by atoms with Crippen LogP contribution in [0.4, 0.5) is 5.69 Å². The van der Waals surface area contributed by atoms with Crippen LogP contribution in [0.2, 0.25) is 0 Å². The molecule has 1 amide bonds. The number of hydrogen-bond donors (Lipinski definition) is 2. The zero-order valence-electron chi connectivity index (χ0n) is 12.7. The third-order valence-corrected chi connectivity index (χ3v) is 3.90. The number of aryl methyl sites for hydroxylation is 1. The number of benzene rings is 1. The maximum Gasteiger partial charge on any atom is 0.224 e. The van der Waals surface area contributed by atoms with Crippen molar-refractivity contribution in [3.63, 3.8) is 0 Å². The Morgan fingerprint density at radius 1 is 1.43 bits per heavy atom. The van der Waals surface area contributed by atoms with Gasteiger partial charge in [-0.15, -0.1) is 0 Å². The van der Waals surface area contributed by atoms with E-state index in [9.17, 15) is 4.79 Å². The molecular weight excluding hydrogens is 266 g/mol. The first kappa shape index (κ1) is 16.0. The largest absolute Gasteiger partial charge is 0.396 e. The molecule has 0 spiro atoms. The Kier molecular flexibility index (Phi) is 6.21. The number of carbonyl (C=O) groups is 1. The van der Waals surface area contributed by atoms with Crippen LogP contribution >= 0.6 is 0 Å². The Morgan fingerprint density at radius 2 is 2.24 bits per heavy atom. The van der Waals surface area contributed by atoms with Crippen LogP contribution in [0.3, 0.4) is 0 Å². The summed E-state index contributed by atoms with van der Waals surface area (Å²) < 4.78 is 5.51. The van der Waals surface area contributed by atoms with E-state index < -0.39 is 0 Å². The number of hydrogen-bond acceptors (Lipinski definition) is 3. The molecule has 4 nitrogen and oxygen atoms in total. The van der Waals surface area contributed by atoms with Crippen molar-refractivity contribution in [3.8, 4) is 0 Å².